The monoisotopic (exact) mass is 531 g/mol. The Morgan fingerprint density at radius 3 is 2.47 bits per heavy atom. The van der Waals surface area contributed by atoms with E-state index >= 15 is 0 Å². The number of hydrogen-bond acceptors (Lipinski definition) is 4. The Morgan fingerprint density at radius 1 is 1.13 bits per heavy atom. The number of guanidine groups is 1. The summed E-state index contributed by atoms with van der Waals surface area (Å²) >= 11 is 0. The topological polar surface area (TPSA) is 52.1 Å². The van der Waals surface area contributed by atoms with Gasteiger partial charge in [-0.15, -0.1) is 24.0 Å². The molecular weight excluding hydrogens is 489 g/mol. The minimum Gasteiger partial charge on any atom is -0.493 e. The molecule has 1 saturated heterocycles. The SMILES string of the molecule is CCN1CCN(CCNC(=NC)NCc2ccc(C)cc2OCCC(C)C)CC1.I. The molecule has 0 amide bonds. The Kier molecular flexibility index (Phi) is 13.4. The number of nitrogens with one attached hydrogen (secondary N) is 2. The molecule has 1 aromatic rings. The Labute approximate surface area is 200 Å². The van der Waals surface area contributed by atoms with Crippen LogP contribution in [0.5, 0.6) is 5.75 Å². The third-order valence-corrected chi connectivity index (χ3v) is 5.48. The third-order valence-electron chi connectivity index (χ3n) is 5.48. The van der Waals surface area contributed by atoms with Crippen molar-refractivity contribution < 1.29 is 4.74 Å². The molecule has 0 radical (unpaired) electrons. The number of piperazine rings is 1. The van der Waals surface area contributed by atoms with Crippen molar-refractivity contribution in [3.63, 3.8) is 0 Å². The summed E-state index contributed by atoms with van der Waals surface area (Å²) in [5.74, 6) is 2.46. The van der Waals surface area contributed by atoms with Crippen LogP contribution in [0.1, 0.15) is 38.3 Å². The zero-order valence-corrected chi connectivity index (χ0v) is 21.9. The van der Waals surface area contributed by atoms with Crippen molar-refractivity contribution in [1.29, 1.82) is 0 Å². The summed E-state index contributed by atoms with van der Waals surface area (Å²) in [4.78, 5) is 9.40. The van der Waals surface area contributed by atoms with E-state index in [9.17, 15) is 0 Å². The van der Waals surface area contributed by atoms with Gasteiger partial charge in [-0.1, -0.05) is 32.9 Å². The fourth-order valence-electron chi connectivity index (χ4n) is 3.41. The Hall–Kier alpha value is -1.06. The molecule has 2 rings (SSSR count). The van der Waals surface area contributed by atoms with Crippen LogP contribution in [0, 0.1) is 12.8 Å². The van der Waals surface area contributed by atoms with E-state index in [1.807, 2.05) is 7.05 Å². The van der Waals surface area contributed by atoms with Crippen LogP contribution in [-0.2, 0) is 6.54 Å². The summed E-state index contributed by atoms with van der Waals surface area (Å²) in [6.45, 7) is 18.0. The summed E-state index contributed by atoms with van der Waals surface area (Å²) in [6.07, 6.45) is 1.07. The number of rotatable bonds is 10. The molecule has 0 unspecified atom stereocenters. The maximum absolute atomic E-state index is 6.06. The zero-order valence-electron chi connectivity index (χ0n) is 19.5. The highest BCUT2D eigenvalue weighted by molar-refractivity contribution is 14.0. The van der Waals surface area contributed by atoms with E-state index in [2.05, 4.69) is 71.3 Å². The standard InChI is InChI=1S/C23H41N5O.HI/c1-6-27-12-14-28(15-13-27)11-10-25-23(24-5)26-18-21-8-7-20(4)17-22(21)29-16-9-19(2)3;/h7-8,17,19H,6,9-16,18H2,1-5H3,(H2,24,25,26);1H. The van der Waals surface area contributed by atoms with Gasteiger partial charge in [0.25, 0.3) is 0 Å². The van der Waals surface area contributed by atoms with Crippen LogP contribution < -0.4 is 15.4 Å². The van der Waals surface area contributed by atoms with Gasteiger partial charge in [-0.25, -0.2) is 0 Å². The van der Waals surface area contributed by atoms with E-state index in [1.165, 1.54) is 18.7 Å². The lowest BCUT2D eigenvalue weighted by Gasteiger charge is -2.34. The second-order valence-electron chi connectivity index (χ2n) is 8.27. The molecule has 1 aliphatic heterocycles. The predicted octanol–water partition coefficient (Wildman–Crippen LogP) is 3.34. The Balaban J connectivity index is 0.00000450. The molecule has 1 heterocycles. The minimum atomic E-state index is 0. The summed E-state index contributed by atoms with van der Waals surface area (Å²) in [6, 6.07) is 6.41. The minimum absolute atomic E-state index is 0. The van der Waals surface area contributed by atoms with E-state index in [0.29, 0.717) is 12.5 Å². The van der Waals surface area contributed by atoms with Crippen molar-refractivity contribution in [2.45, 2.75) is 40.7 Å². The van der Waals surface area contributed by atoms with Crippen LogP contribution in [0.15, 0.2) is 23.2 Å². The van der Waals surface area contributed by atoms with Gasteiger partial charge in [0, 0.05) is 58.4 Å². The largest absolute Gasteiger partial charge is 0.493 e. The number of benzene rings is 1. The molecule has 0 bridgehead atoms. The maximum atomic E-state index is 6.06. The summed E-state index contributed by atoms with van der Waals surface area (Å²) in [5.41, 5.74) is 2.39. The Bertz CT molecular complexity index is 630. The molecule has 0 aromatic heterocycles. The molecule has 0 atom stereocenters. The molecule has 0 saturated carbocycles. The van der Waals surface area contributed by atoms with E-state index in [-0.39, 0.29) is 24.0 Å². The molecule has 7 heteroatoms. The molecular formula is C23H42IN5O. The number of nitrogens with zero attached hydrogens (tertiary/aromatic N) is 3. The lowest BCUT2D eigenvalue weighted by atomic mass is 10.1. The number of halogens is 1. The van der Waals surface area contributed by atoms with Crippen molar-refractivity contribution in [1.82, 2.24) is 20.4 Å². The lowest BCUT2D eigenvalue weighted by molar-refractivity contribution is 0.139. The van der Waals surface area contributed by atoms with Crippen molar-refractivity contribution >= 4 is 29.9 Å². The zero-order chi connectivity index (χ0) is 21.1. The highest BCUT2D eigenvalue weighted by Crippen LogP contribution is 2.21. The van der Waals surface area contributed by atoms with Gasteiger partial charge in [0.1, 0.15) is 5.75 Å². The number of hydrogen-bond donors (Lipinski definition) is 2. The van der Waals surface area contributed by atoms with E-state index in [4.69, 9.17) is 4.74 Å². The fraction of sp³-hybridized carbons (Fsp3) is 0.696. The molecule has 30 heavy (non-hydrogen) atoms. The highest BCUT2D eigenvalue weighted by atomic mass is 127. The molecule has 2 N–H and O–H groups in total. The van der Waals surface area contributed by atoms with Crippen LogP contribution in [0.3, 0.4) is 0 Å². The van der Waals surface area contributed by atoms with Gasteiger partial charge in [0.2, 0.25) is 0 Å². The predicted molar refractivity (Wildman–Crippen MR) is 138 cm³/mol. The smallest absolute Gasteiger partial charge is 0.191 e. The van der Waals surface area contributed by atoms with Gasteiger partial charge in [-0.2, -0.15) is 0 Å². The van der Waals surface area contributed by atoms with Crippen LogP contribution >= 0.6 is 24.0 Å². The Morgan fingerprint density at radius 2 is 1.83 bits per heavy atom. The van der Waals surface area contributed by atoms with E-state index in [1.54, 1.807) is 0 Å². The van der Waals surface area contributed by atoms with E-state index in [0.717, 1.165) is 63.0 Å². The second-order valence-corrected chi connectivity index (χ2v) is 8.27. The first-order valence-corrected chi connectivity index (χ1v) is 11.1. The van der Waals surface area contributed by atoms with Crippen LogP contribution in [0.4, 0.5) is 0 Å². The first-order chi connectivity index (χ1) is 14.0. The second kappa shape index (κ2) is 14.9. The number of aliphatic imine (C=N–C) groups is 1. The first-order valence-electron chi connectivity index (χ1n) is 11.1. The van der Waals surface area contributed by atoms with Gasteiger partial charge in [-0.05, 0) is 37.4 Å². The normalized spacial score (nSPS) is 15.7. The highest BCUT2D eigenvalue weighted by Gasteiger charge is 2.14. The van der Waals surface area contributed by atoms with E-state index < -0.39 is 0 Å². The van der Waals surface area contributed by atoms with Gasteiger partial charge in [0.15, 0.2) is 5.96 Å². The van der Waals surface area contributed by atoms with Crippen LogP contribution in [0.2, 0.25) is 0 Å². The van der Waals surface area contributed by atoms with Gasteiger partial charge in [-0.3, -0.25) is 9.89 Å². The molecule has 1 fully saturated rings. The van der Waals surface area contributed by atoms with Crippen LogP contribution in [0.25, 0.3) is 0 Å². The fourth-order valence-corrected chi connectivity index (χ4v) is 3.41. The van der Waals surface area contributed by atoms with Crippen molar-refractivity contribution in [3.05, 3.63) is 29.3 Å². The molecule has 0 spiro atoms. The summed E-state index contributed by atoms with van der Waals surface area (Å²) in [5, 5.41) is 6.87. The van der Waals surface area contributed by atoms with Gasteiger partial charge in [0.05, 0.1) is 6.61 Å². The molecule has 6 nitrogen and oxygen atoms in total. The first kappa shape index (κ1) is 27.0. The molecule has 172 valence electrons. The number of ether oxygens (including phenoxy) is 1. The average molecular weight is 532 g/mol. The maximum Gasteiger partial charge on any atom is 0.191 e. The number of likely N-dealkylation sites (N-methyl/N-ethyl adjacent to an activating group) is 1. The quantitative estimate of drug-likeness (QED) is 0.276. The van der Waals surface area contributed by atoms with Gasteiger partial charge >= 0.3 is 0 Å². The average Bonchev–Trinajstić information content (AvgIpc) is 2.72. The van der Waals surface area contributed by atoms with Crippen molar-refractivity contribution in [3.8, 4) is 5.75 Å². The summed E-state index contributed by atoms with van der Waals surface area (Å²) < 4.78 is 6.06. The summed E-state index contributed by atoms with van der Waals surface area (Å²) in [7, 11) is 1.82. The number of aryl methyl sites for hydroxylation is 1. The molecule has 0 aliphatic carbocycles. The molecule has 1 aromatic carbocycles. The lowest BCUT2D eigenvalue weighted by Crippen LogP contribution is -2.49. The molecule has 1 aliphatic rings. The van der Waals surface area contributed by atoms with Gasteiger partial charge < -0.3 is 20.3 Å². The van der Waals surface area contributed by atoms with Crippen molar-refractivity contribution in [2.24, 2.45) is 10.9 Å². The third kappa shape index (κ3) is 9.83. The van der Waals surface area contributed by atoms with Crippen molar-refractivity contribution in [2.75, 3.05) is 59.5 Å². The van der Waals surface area contributed by atoms with Crippen LogP contribution in [-0.4, -0.2) is 75.2 Å².